The lowest BCUT2D eigenvalue weighted by molar-refractivity contribution is -0.0870. The molecule has 4 heteroatoms. The van der Waals surface area contributed by atoms with E-state index in [1.807, 2.05) is 0 Å². The molecule has 120 valence electrons. The second-order valence-electron chi connectivity index (χ2n) is 7.27. The van der Waals surface area contributed by atoms with Gasteiger partial charge in [0.25, 0.3) is 0 Å². The Labute approximate surface area is 129 Å². The van der Waals surface area contributed by atoms with Crippen LogP contribution in [0.2, 0.25) is 0 Å². The third kappa shape index (κ3) is 4.18. The van der Waals surface area contributed by atoms with Crippen molar-refractivity contribution in [3.8, 4) is 6.07 Å². The maximum absolute atomic E-state index is 9.69. The number of morpholine rings is 1. The van der Waals surface area contributed by atoms with Crippen molar-refractivity contribution in [3.63, 3.8) is 0 Å². The molecule has 21 heavy (non-hydrogen) atoms. The van der Waals surface area contributed by atoms with E-state index in [0.29, 0.717) is 5.92 Å². The van der Waals surface area contributed by atoms with Gasteiger partial charge in [-0.25, -0.2) is 0 Å². The quantitative estimate of drug-likeness (QED) is 0.817. The first-order valence-corrected chi connectivity index (χ1v) is 8.54. The number of ether oxygens (including phenoxy) is 1. The van der Waals surface area contributed by atoms with E-state index < -0.39 is 0 Å². The molecule has 1 N–H and O–H groups in total. The van der Waals surface area contributed by atoms with E-state index >= 15 is 0 Å². The summed E-state index contributed by atoms with van der Waals surface area (Å²) < 4.78 is 5.78. The van der Waals surface area contributed by atoms with Gasteiger partial charge in [0.2, 0.25) is 0 Å². The first kappa shape index (κ1) is 16.7. The monoisotopic (exact) mass is 293 g/mol. The van der Waals surface area contributed by atoms with Gasteiger partial charge in [0, 0.05) is 13.1 Å². The molecule has 1 aliphatic heterocycles. The van der Waals surface area contributed by atoms with Gasteiger partial charge in [-0.2, -0.15) is 5.26 Å². The summed E-state index contributed by atoms with van der Waals surface area (Å²) >= 11 is 0. The summed E-state index contributed by atoms with van der Waals surface area (Å²) in [4.78, 5) is 2.50. The molecular formula is C17H31N3O. The lowest BCUT2D eigenvalue weighted by Gasteiger charge is -2.39. The van der Waals surface area contributed by atoms with Gasteiger partial charge >= 0.3 is 0 Å². The topological polar surface area (TPSA) is 48.3 Å². The Morgan fingerprint density at radius 1 is 1.43 bits per heavy atom. The van der Waals surface area contributed by atoms with Gasteiger partial charge in [-0.15, -0.1) is 0 Å². The molecule has 0 aromatic rings. The predicted octanol–water partition coefficient (Wildman–Crippen LogP) is 2.55. The summed E-state index contributed by atoms with van der Waals surface area (Å²) in [5.41, 5.74) is -0.293. The average Bonchev–Trinajstić information content (AvgIpc) is 2.85. The molecular weight excluding hydrogens is 262 g/mol. The highest BCUT2D eigenvalue weighted by Crippen LogP contribution is 2.37. The summed E-state index contributed by atoms with van der Waals surface area (Å²) in [5, 5.41) is 13.2. The van der Waals surface area contributed by atoms with Crippen LogP contribution in [0.3, 0.4) is 0 Å². The van der Waals surface area contributed by atoms with Gasteiger partial charge in [0.1, 0.15) is 5.54 Å². The van der Waals surface area contributed by atoms with Crippen LogP contribution in [0.5, 0.6) is 0 Å². The number of nitriles is 1. The second-order valence-corrected chi connectivity index (χ2v) is 7.27. The SMILES string of the molecule is CCCNC1(C#N)CCCC1CCN1CCOC(C)(C)C1. The first-order valence-electron chi connectivity index (χ1n) is 8.54. The number of hydrogen-bond donors (Lipinski definition) is 1. The zero-order chi connectivity index (χ0) is 15.3. The van der Waals surface area contributed by atoms with Crippen molar-refractivity contribution in [1.82, 2.24) is 10.2 Å². The molecule has 1 saturated carbocycles. The highest BCUT2D eigenvalue weighted by atomic mass is 16.5. The molecule has 2 rings (SSSR count). The number of nitrogens with zero attached hydrogens (tertiary/aromatic N) is 2. The van der Waals surface area contributed by atoms with E-state index in [-0.39, 0.29) is 11.1 Å². The molecule has 0 bridgehead atoms. The van der Waals surface area contributed by atoms with E-state index in [2.05, 4.69) is 37.1 Å². The fraction of sp³-hybridized carbons (Fsp3) is 0.941. The van der Waals surface area contributed by atoms with E-state index in [1.165, 1.54) is 12.8 Å². The van der Waals surface area contributed by atoms with Crippen LogP contribution in [0.25, 0.3) is 0 Å². The fourth-order valence-electron chi connectivity index (χ4n) is 3.88. The Kier molecular flexibility index (Phi) is 5.65. The number of nitrogens with one attached hydrogen (secondary N) is 1. The van der Waals surface area contributed by atoms with Gasteiger partial charge in [0.05, 0.1) is 18.3 Å². The molecule has 2 unspecified atom stereocenters. The third-order valence-corrected chi connectivity index (χ3v) is 5.01. The average molecular weight is 293 g/mol. The highest BCUT2D eigenvalue weighted by molar-refractivity contribution is 5.14. The molecule has 1 aliphatic carbocycles. The zero-order valence-corrected chi connectivity index (χ0v) is 14.0. The van der Waals surface area contributed by atoms with Crippen LogP contribution >= 0.6 is 0 Å². The van der Waals surface area contributed by atoms with E-state index in [0.717, 1.165) is 52.0 Å². The molecule has 1 saturated heterocycles. The molecule has 4 nitrogen and oxygen atoms in total. The molecule has 0 spiro atoms. The van der Waals surface area contributed by atoms with Crippen LogP contribution in [0, 0.1) is 17.2 Å². The summed E-state index contributed by atoms with van der Waals surface area (Å²) in [6.45, 7) is 11.4. The first-order chi connectivity index (χ1) is 10.0. The van der Waals surface area contributed by atoms with Gasteiger partial charge < -0.3 is 4.74 Å². The van der Waals surface area contributed by atoms with Crippen LogP contribution in [0.15, 0.2) is 0 Å². The van der Waals surface area contributed by atoms with Gasteiger partial charge in [0.15, 0.2) is 0 Å². The van der Waals surface area contributed by atoms with Crippen molar-refractivity contribution in [1.29, 1.82) is 5.26 Å². The largest absolute Gasteiger partial charge is 0.373 e. The zero-order valence-electron chi connectivity index (χ0n) is 14.0. The lowest BCUT2D eigenvalue weighted by Crippen LogP contribution is -2.51. The normalized spacial score (nSPS) is 33.0. The Morgan fingerprint density at radius 3 is 2.90 bits per heavy atom. The number of hydrogen-bond acceptors (Lipinski definition) is 4. The molecule has 2 fully saturated rings. The fourth-order valence-corrected chi connectivity index (χ4v) is 3.88. The molecule has 2 aliphatic rings. The van der Waals surface area contributed by atoms with E-state index in [9.17, 15) is 5.26 Å². The van der Waals surface area contributed by atoms with Crippen LogP contribution in [-0.4, -0.2) is 48.8 Å². The summed E-state index contributed by atoms with van der Waals surface area (Å²) in [6.07, 6.45) is 5.61. The Bertz CT molecular complexity index is 377. The van der Waals surface area contributed by atoms with Crippen molar-refractivity contribution in [2.75, 3.05) is 32.8 Å². The van der Waals surface area contributed by atoms with Crippen LogP contribution in [0.1, 0.15) is 52.9 Å². The van der Waals surface area contributed by atoms with Crippen LogP contribution < -0.4 is 5.32 Å². The lowest BCUT2D eigenvalue weighted by atomic mass is 9.85. The Morgan fingerprint density at radius 2 is 2.24 bits per heavy atom. The van der Waals surface area contributed by atoms with Crippen molar-refractivity contribution >= 4 is 0 Å². The van der Waals surface area contributed by atoms with E-state index in [4.69, 9.17) is 4.74 Å². The summed E-state index contributed by atoms with van der Waals surface area (Å²) in [5.74, 6) is 0.500. The standard InChI is InChI=1S/C17H31N3O/c1-4-9-19-17(13-18)8-5-6-15(17)7-10-20-11-12-21-16(2,3)14-20/h15,19H,4-12,14H2,1-3H3. The van der Waals surface area contributed by atoms with Crippen molar-refractivity contribution < 1.29 is 4.74 Å². The molecule has 0 aromatic carbocycles. The van der Waals surface area contributed by atoms with Crippen LogP contribution in [0.4, 0.5) is 0 Å². The maximum atomic E-state index is 9.69. The summed E-state index contributed by atoms with van der Waals surface area (Å²) in [7, 11) is 0. The third-order valence-electron chi connectivity index (χ3n) is 5.01. The van der Waals surface area contributed by atoms with Crippen LogP contribution in [-0.2, 0) is 4.74 Å². The maximum Gasteiger partial charge on any atom is 0.109 e. The number of rotatable bonds is 6. The smallest absolute Gasteiger partial charge is 0.109 e. The van der Waals surface area contributed by atoms with Gasteiger partial charge in [-0.05, 0) is 58.5 Å². The highest BCUT2D eigenvalue weighted by Gasteiger charge is 2.42. The Hall–Kier alpha value is -0.630. The summed E-state index contributed by atoms with van der Waals surface area (Å²) in [6, 6.07) is 2.61. The minimum atomic E-state index is -0.266. The Balaban J connectivity index is 1.88. The predicted molar refractivity (Wildman–Crippen MR) is 85.1 cm³/mol. The minimum Gasteiger partial charge on any atom is -0.373 e. The van der Waals surface area contributed by atoms with Crippen molar-refractivity contribution in [3.05, 3.63) is 0 Å². The van der Waals surface area contributed by atoms with Gasteiger partial charge in [-0.3, -0.25) is 10.2 Å². The van der Waals surface area contributed by atoms with Crippen molar-refractivity contribution in [2.24, 2.45) is 5.92 Å². The molecule has 1 heterocycles. The van der Waals surface area contributed by atoms with E-state index in [1.54, 1.807) is 0 Å². The molecule has 0 amide bonds. The van der Waals surface area contributed by atoms with Gasteiger partial charge in [-0.1, -0.05) is 13.3 Å². The molecule has 0 aromatic heterocycles. The minimum absolute atomic E-state index is 0.0271. The second kappa shape index (κ2) is 7.09. The van der Waals surface area contributed by atoms with Crippen molar-refractivity contribution in [2.45, 2.75) is 64.0 Å². The molecule has 0 radical (unpaired) electrons. The molecule has 2 atom stereocenters.